The Hall–Kier alpha value is -1.10. The van der Waals surface area contributed by atoms with Crippen LogP contribution in [0.4, 0.5) is 0 Å². The molecule has 0 aromatic rings. The quantitative estimate of drug-likeness (QED) is 0.857. The van der Waals surface area contributed by atoms with Gasteiger partial charge in [0.1, 0.15) is 0 Å². The van der Waals surface area contributed by atoms with Crippen molar-refractivity contribution < 1.29 is 14.7 Å². The molecule has 5 nitrogen and oxygen atoms in total. The number of hydrogen-bond donors (Lipinski definition) is 1. The molecule has 0 bridgehead atoms. The van der Waals surface area contributed by atoms with Gasteiger partial charge in [-0.1, -0.05) is 13.3 Å². The third kappa shape index (κ3) is 3.57. The van der Waals surface area contributed by atoms with Gasteiger partial charge < -0.3 is 14.9 Å². The van der Waals surface area contributed by atoms with Crippen LogP contribution < -0.4 is 0 Å². The van der Waals surface area contributed by atoms with E-state index in [0.717, 1.165) is 38.8 Å². The molecule has 0 aromatic carbocycles. The third-order valence-electron chi connectivity index (χ3n) is 5.38. The molecule has 1 unspecified atom stereocenters. The molecule has 0 radical (unpaired) electrons. The first-order chi connectivity index (χ1) is 9.93. The Morgan fingerprint density at radius 3 is 2.19 bits per heavy atom. The number of carbonyl (C=O) groups is 2. The number of amides is 1. The number of rotatable bonds is 4. The van der Waals surface area contributed by atoms with Crippen molar-refractivity contribution in [3.63, 3.8) is 0 Å². The van der Waals surface area contributed by atoms with Crippen LogP contribution in [0.1, 0.15) is 39.0 Å². The predicted octanol–water partition coefficient (Wildman–Crippen LogP) is 1.68. The van der Waals surface area contributed by atoms with Gasteiger partial charge in [0.25, 0.3) is 0 Å². The molecule has 1 saturated heterocycles. The van der Waals surface area contributed by atoms with Crippen molar-refractivity contribution in [1.29, 1.82) is 0 Å². The second kappa shape index (κ2) is 6.77. The Morgan fingerprint density at radius 2 is 1.71 bits per heavy atom. The maximum Gasteiger partial charge on any atom is 0.307 e. The second-order valence-corrected chi connectivity index (χ2v) is 6.82. The Bertz CT molecular complexity index is 389. The van der Waals surface area contributed by atoms with Crippen molar-refractivity contribution in [2.75, 3.05) is 27.2 Å². The van der Waals surface area contributed by atoms with Crippen LogP contribution in [0.2, 0.25) is 0 Å². The molecular weight excluding hydrogens is 268 g/mol. The smallest absolute Gasteiger partial charge is 0.307 e. The molecule has 1 amide bonds. The highest BCUT2D eigenvalue weighted by molar-refractivity contribution is 5.85. The summed E-state index contributed by atoms with van der Waals surface area (Å²) in [5.74, 6) is -1.11. The molecule has 120 valence electrons. The second-order valence-electron chi connectivity index (χ2n) is 6.82. The number of hydrogen-bond acceptors (Lipinski definition) is 3. The highest BCUT2D eigenvalue weighted by atomic mass is 16.4. The summed E-state index contributed by atoms with van der Waals surface area (Å²) < 4.78 is 0. The lowest BCUT2D eigenvalue weighted by Crippen LogP contribution is -2.47. The number of piperidine rings is 1. The summed E-state index contributed by atoms with van der Waals surface area (Å²) in [6.45, 7) is 3.61. The van der Waals surface area contributed by atoms with E-state index in [1.54, 1.807) is 0 Å². The minimum atomic E-state index is -0.799. The minimum absolute atomic E-state index is 0.0792. The van der Waals surface area contributed by atoms with Crippen LogP contribution in [0, 0.1) is 17.8 Å². The molecule has 2 fully saturated rings. The number of nitrogens with zero attached hydrogens (tertiary/aromatic N) is 2. The van der Waals surface area contributed by atoms with Gasteiger partial charge in [-0.2, -0.15) is 0 Å². The highest BCUT2D eigenvalue weighted by Gasteiger charge is 2.44. The average molecular weight is 296 g/mol. The fourth-order valence-corrected chi connectivity index (χ4v) is 3.86. The van der Waals surface area contributed by atoms with Crippen LogP contribution in [-0.2, 0) is 9.59 Å². The minimum Gasteiger partial charge on any atom is -0.481 e. The maximum absolute atomic E-state index is 12.7. The van der Waals surface area contributed by atoms with Crippen LogP contribution >= 0.6 is 0 Å². The molecule has 1 aliphatic carbocycles. The van der Waals surface area contributed by atoms with Crippen LogP contribution in [0.3, 0.4) is 0 Å². The molecule has 0 spiro atoms. The fraction of sp³-hybridized carbons (Fsp3) is 0.875. The fourth-order valence-electron chi connectivity index (χ4n) is 3.86. The summed E-state index contributed by atoms with van der Waals surface area (Å²) in [5.41, 5.74) is 0. The van der Waals surface area contributed by atoms with E-state index in [1.165, 1.54) is 0 Å². The normalized spacial score (nSPS) is 30.9. The van der Waals surface area contributed by atoms with E-state index < -0.39 is 11.9 Å². The van der Waals surface area contributed by atoms with E-state index in [1.807, 2.05) is 4.90 Å². The molecule has 1 saturated carbocycles. The third-order valence-corrected chi connectivity index (χ3v) is 5.38. The van der Waals surface area contributed by atoms with Crippen molar-refractivity contribution in [2.24, 2.45) is 17.8 Å². The number of likely N-dealkylation sites (tertiary alicyclic amines) is 1. The van der Waals surface area contributed by atoms with Crippen molar-refractivity contribution in [1.82, 2.24) is 9.80 Å². The lowest BCUT2D eigenvalue weighted by atomic mass is 9.93. The Morgan fingerprint density at radius 1 is 1.14 bits per heavy atom. The van der Waals surface area contributed by atoms with Crippen LogP contribution in [0.25, 0.3) is 0 Å². The van der Waals surface area contributed by atoms with Gasteiger partial charge in [-0.05, 0) is 45.7 Å². The SMILES string of the molecule is CCC1C[C@H](C(=O)N2CCC(N(C)C)CC2)[C@H](C(=O)O)C1. The molecule has 1 heterocycles. The summed E-state index contributed by atoms with van der Waals surface area (Å²) in [7, 11) is 4.15. The van der Waals surface area contributed by atoms with E-state index in [0.29, 0.717) is 18.4 Å². The number of carboxylic acids is 1. The van der Waals surface area contributed by atoms with Gasteiger partial charge in [0.05, 0.1) is 11.8 Å². The molecule has 5 heteroatoms. The molecule has 1 N–H and O–H groups in total. The van der Waals surface area contributed by atoms with E-state index in [2.05, 4.69) is 25.9 Å². The zero-order chi connectivity index (χ0) is 15.6. The monoisotopic (exact) mass is 296 g/mol. The zero-order valence-corrected chi connectivity index (χ0v) is 13.4. The molecule has 2 aliphatic rings. The molecular formula is C16H28N2O3. The summed E-state index contributed by atoms with van der Waals surface area (Å²) in [6, 6.07) is 0.538. The van der Waals surface area contributed by atoms with Crippen molar-refractivity contribution in [3.8, 4) is 0 Å². The predicted molar refractivity (Wildman–Crippen MR) is 80.9 cm³/mol. The van der Waals surface area contributed by atoms with Crippen molar-refractivity contribution in [3.05, 3.63) is 0 Å². The maximum atomic E-state index is 12.7. The van der Waals surface area contributed by atoms with Crippen molar-refractivity contribution >= 4 is 11.9 Å². The molecule has 1 aliphatic heterocycles. The van der Waals surface area contributed by atoms with Crippen LogP contribution in [0.5, 0.6) is 0 Å². The lowest BCUT2D eigenvalue weighted by Gasteiger charge is -2.36. The molecule has 21 heavy (non-hydrogen) atoms. The molecule has 0 aromatic heterocycles. The van der Waals surface area contributed by atoms with Gasteiger partial charge in [0.2, 0.25) is 5.91 Å². The number of carbonyl (C=O) groups excluding carboxylic acids is 1. The summed E-state index contributed by atoms with van der Waals surface area (Å²) in [5, 5.41) is 9.38. The van der Waals surface area contributed by atoms with Gasteiger partial charge in [-0.15, -0.1) is 0 Å². The highest BCUT2D eigenvalue weighted by Crippen LogP contribution is 2.39. The van der Waals surface area contributed by atoms with E-state index in [-0.39, 0.29) is 11.8 Å². The zero-order valence-electron chi connectivity index (χ0n) is 13.4. The van der Waals surface area contributed by atoms with Crippen molar-refractivity contribution in [2.45, 2.75) is 45.1 Å². The topological polar surface area (TPSA) is 60.9 Å². The Kier molecular flexibility index (Phi) is 5.25. The Labute approximate surface area is 127 Å². The largest absolute Gasteiger partial charge is 0.481 e. The first-order valence-corrected chi connectivity index (χ1v) is 8.12. The van der Waals surface area contributed by atoms with Gasteiger partial charge in [-0.3, -0.25) is 9.59 Å². The molecule has 2 rings (SSSR count). The first-order valence-electron chi connectivity index (χ1n) is 8.12. The van der Waals surface area contributed by atoms with Crippen LogP contribution in [0.15, 0.2) is 0 Å². The van der Waals surface area contributed by atoms with E-state index in [9.17, 15) is 14.7 Å². The average Bonchev–Trinajstić information content (AvgIpc) is 2.91. The van der Waals surface area contributed by atoms with Gasteiger partial charge >= 0.3 is 5.97 Å². The summed E-state index contributed by atoms with van der Waals surface area (Å²) in [6.07, 6.45) is 4.35. The first kappa shape index (κ1) is 16.3. The lowest BCUT2D eigenvalue weighted by molar-refractivity contribution is -0.149. The number of aliphatic carboxylic acids is 1. The standard InChI is InChI=1S/C16H28N2O3/c1-4-11-9-13(14(10-11)16(20)21)15(19)18-7-5-12(6-8-18)17(2)3/h11-14H,4-10H2,1-3H3,(H,20,21)/t11?,13-,14+/m0/s1. The number of carboxylic acid groups (broad SMARTS) is 1. The van der Waals surface area contributed by atoms with Gasteiger partial charge in [0.15, 0.2) is 0 Å². The van der Waals surface area contributed by atoms with E-state index in [4.69, 9.17) is 0 Å². The van der Waals surface area contributed by atoms with Crippen LogP contribution in [-0.4, -0.2) is 60.0 Å². The molecule has 3 atom stereocenters. The van der Waals surface area contributed by atoms with Gasteiger partial charge in [0, 0.05) is 19.1 Å². The Balaban J connectivity index is 1.97. The summed E-state index contributed by atoms with van der Waals surface area (Å²) in [4.78, 5) is 28.2. The van der Waals surface area contributed by atoms with Gasteiger partial charge in [-0.25, -0.2) is 0 Å². The summed E-state index contributed by atoms with van der Waals surface area (Å²) >= 11 is 0. The van der Waals surface area contributed by atoms with E-state index >= 15 is 0 Å².